The van der Waals surface area contributed by atoms with Gasteiger partial charge in [-0.15, -0.1) is 0 Å². The van der Waals surface area contributed by atoms with Gasteiger partial charge in [0.1, 0.15) is 0 Å². The van der Waals surface area contributed by atoms with Gasteiger partial charge in [0, 0.05) is 26.6 Å². The molecule has 0 unspecified atom stereocenters. The molecule has 2 rings (SSSR count). The predicted molar refractivity (Wildman–Crippen MR) is 65.0 cm³/mol. The second kappa shape index (κ2) is 5.69. The minimum atomic E-state index is -0.742. The Bertz CT molecular complexity index is 323. The molecule has 0 spiro atoms. The van der Waals surface area contributed by atoms with Gasteiger partial charge in [0.15, 0.2) is 0 Å². The largest absolute Gasteiger partial charge is 0.481 e. The number of carboxylic acid groups (broad SMARTS) is 1. The fourth-order valence-electron chi connectivity index (χ4n) is 3.22. The maximum atomic E-state index is 11.3. The van der Waals surface area contributed by atoms with E-state index in [1.165, 1.54) is 0 Å². The van der Waals surface area contributed by atoms with Crippen LogP contribution in [-0.4, -0.2) is 48.2 Å². The summed E-state index contributed by atoms with van der Waals surface area (Å²) in [6.07, 6.45) is 2.68. The van der Waals surface area contributed by atoms with E-state index in [0.29, 0.717) is 19.1 Å². The molecule has 2 heterocycles. The molecule has 5 heteroatoms. The van der Waals surface area contributed by atoms with Crippen LogP contribution in [-0.2, 0) is 14.3 Å². The number of aliphatic carboxylic acids is 1. The van der Waals surface area contributed by atoms with E-state index in [2.05, 4.69) is 0 Å². The third-order valence-electron chi connectivity index (χ3n) is 4.32. The summed E-state index contributed by atoms with van der Waals surface area (Å²) in [7, 11) is 0. The molecule has 0 aromatic rings. The Labute approximate surface area is 107 Å². The van der Waals surface area contributed by atoms with Crippen LogP contribution in [0.15, 0.2) is 0 Å². The maximum absolute atomic E-state index is 11.3. The van der Waals surface area contributed by atoms with E-state index >= 15 is 0 Å². The Balaban J connectivity index is 1.94. The number of carbonyl (C=O) groups excluding carboxylic acids is 1. The number of amides is 1. The first kappa shape index (κ1) is 13.3. The summed E-state index contributed by atoms with van der Waals surface area (Å²) in [6.45, 7) is 4.14. The average molecular weight is 255 g/mol. The van der Waals surface area contributed by atoms with E-state index in [-0.39, 0.29) is 17.7 Å². The van der Waals surface area contributed by atoms with Crippen molar-refractivity contribution in [1.82, 2.24) is 4.90 Å². The molecule has 2 aliphatic rings. The Morgan fingerprint density at radius 3 is 2.44 bits per heavy atom. The van der Waals surface area contributed by atoms with Crippen molar-refractivity contribution in [2.75, 3.05) is 26.3 Å². The molecule has 2 atom stereocenters. The van der Waals surface area contributed by atoms with Crippen molar-refractivity contribution in [3.05, 3.63) is 0 Å². The van der Waals surface area contributed by atoms with Crippen molar-refractivity contribution in [2.45, 2.75) is 26.2 Å². The number of carboxylic acids is 1. The molecule has 0 radical (unpaired) electrons. The molecule has 2 fully saturated rings. The van der Waals surface area contributed by atoms with Crippen molar-refractivity contribution in [1.29, 1.82) is 0 Å². The fraction of sp³-hybridized carbons (Fsp3) is 0.846. The van der Waals surface area contributed by atoms with Gasteiger partial charge >= 0.3 is 5.97 Å². The van der Waals surface area contributed by atoms with E-state index in [4.69, 9.17) is 4.74 Å². The number of hydrogen-bond donors (Lipinski definition) is 1. The Kier molecular flexibility index (Phi) is 4.22. The molecule has 1 amide bonds. The third-order valence-corrected chi connectivity index (χ3v) is 4.32. The molecule has 2 saturated heterocycles. The standard InChI is InChI=1S/C13H21NO4/c1-9(15)14-5-2-10(3-6-14)11-4-7-18-8-12(11)13(16)17/h10-12H,2-8H2,1H3,(H,16,17)/t11-,12-/m0/s1. The van der Waals surface area contributed by atoms with Gasteiger partial charge in [-0.1, -0.05) is 0 Å². The van der Waals surface area contributed by atoms with Crippen molar-refractivity contribution in [2.24, 2.45) is 17.8 Å². The summed E-state index contributed by atoms with van der Waals surface area (Å²) in [5, 5.41) is 9.23. The zero-order valence-corrected chi connectivity index (χ0v) is 10.8. The minimum absolute atomic E-state index is 0.121. The molecule has 2 aliphatic heterocycles. The van der Waals surface area contributed by atoms with Gasteiger partial charge in [0.25, 0.3) is 0 Å². The number of carbonyl (C=O) groups is 2. The lowest BCUT2D eigenvalue weighted by Gasteiger charge is -2.39. The molecule has 0 saturated carbocycles. The van der Waals surface area contributed by atoms with Crippen molar-refractivity contribution >= 4 is 11.9 Å². The van der Waals surface area contributed by atoms with Crippen molar-refractivity contribution < 1.29 is 19.4 Å². The van der Waals surface area contributed by atoms with E-state index in [1.807, 2.05) is 4.90 Å². The van der Waals surface area contributed by atoms with Gasteiger partial charge in [0.05, 0.1) is 12.5 Å². The summed E-state index contributed by atoms with van der Waals surface area (Å²) in [6, 6.07) is 0. The summed E-state index contributed by atoms with van der Waals surface area (Å²) in [5.41, 5.74) is 0. The fourth-order valence-corrected chi connectivity index (χ4v) is 3.22. The number of nitrogens with zero attached hydrogens (tertiary/aromatic N) is 1. The molecule has 0 aliphatic carbocycles. The number of likely N-dealkylation sites (tertiary alicyclic amines) is 1. The van der Waals surface area contributed by atoms with Crippen LogP contribution < -0.4 is 0 Å². The third kappa shape index (κ3) is 2.83. The molecule has 0 bridgehead atoms. The van der Waals surface area contributed by atoms with E-state index in [1.54, 1.807) is 6.92 Å². The first-order valence-electron chi connectivity index (χ1n) is 6.65. The summed E-state index contributed by atoms with van der Waals surface area (Å²) < 4.78 is 5.28. The Morgan fingerprint density at radius 1 is 1.22 bits per heavy atom. The summed E-state index contributed by atoms with van der Waals surface area (Å²) >= 11 is 0. The lowest BCUT2D eigenvalue weighted by atomic mass is 9.74. The van der Waals surface area contributed by atoms with Gasteiger partial charge in [-0.25, -0.2) is 0 Å². The lowest BCUT2D eigenvalue weighted by Crippen LogP contribution is -2.44. The highest BCUT2D eigenvalue weighted by atomic mass is 16.5. The van der Waals surface area contributed by atoms with Gasteiger partial charge in [0.2, 0.25) is 5.91 Å². The normalized spacial score (nSPS) is 30.2. The summed E-state index contributed by atoms with van der Waals surface area (Å²) in [4.78, 5) is 24.4. The highest BCUT2D eigenvalue weighted by molar-refractivity contribution is 5.73. The summed E-state index contributed by atoms with van der Waals surface area (Å²) in [5.74, 6) is -0.354. The van der Waals surface area contributed by atoms with Gasteiger partial charge in [-0.3, -0.25) is 9.59 Å². The minimum Gasteiger partial charge on any atom is -0.481 e. The zero-order valence-electron chi connectivity index (χ0n) is 10.8. The Morgan fingerprint density at radius 2 is 1.89 bits per heavy atom. The van der Waals surface area contributed by atoms with Crippen LogP contribution >= 0.6 is 0 Å². The average Bonchev–Trinajstić information content (AvgIpc) is 2.39. The number of ether oxygens (including phenoxy) is 1. The molecule has 0 aromatic heterocycles. The predicted octanol–water partition coefficient (Wildman–Crippen LogP) is 0.982. The van der Waals surface area contributed by atoms with Gasteiger partial charge < -0.3 is 14.7 Å². The SMILES string of the molecule is CC(=O)N1CCC([C@@H]2CCOC[C@@H]2C(=O)O)CC1. The quantitative estimate of drug-likeness (QED) is 0.798. The van der Waals surface area contributed by atoms with Crippen LogP contribution in [0.2, 0.25) is 0 Å². The highest BCUT2D eigenvalue weighted by Gasteiger charge is 2.38. The van der Waals surface area contributed by atoms with Crippen LogP contribution in [0.25, 0.3) is 0 Å². The van der Waals surface area contributed by atoms with Crippen molar-refractivity contribution in [3.8, 4) is 0 Å². The highest BCUT2D eigenvalue weighted by Crippen LogP contribution is 2.35. The number of hydrogen-bond acceptors (Lipinski definition) is 3. The molecular weight excluding hydrogens is 234 g/mol. The molecule has 1 N–H and O–H groups in total. The molecule has 18 heavy (non-hydrogen) atoms. The van der Waals surface area contributed by atoms with Crippen LogP contribution in [0.4, 0.5) is 0 Å². The monoisotopic (exact) mass is 255 g/mol. The van der Waals surface area contributed by atoms with Crippen LogP contribution in [0.5, 0.6) is 0 Å². The van der Waals surface area contributed by atoms with E-state index in [9.17, 15) is 14.7 Å². The zero-order chi connectivity index (χ0) is 13.1. The van der Waals surface area contributed by atoms with Gasteiger partial charge in [-0.05, 0) is 31.1 Å². The van der Waals surface area contributed by atoms with Crippen LogP contribution in [0, 0.1) is 17.8 Å². The second-order valence-corrected chi connectivity index (χ2v) is 5.32. The number of rotatable bonds is 2. The topological polar surface area (TPSA) is 66.8 Å². The van der Waals surface area contributed by atoms with Crippen molar-refractivity contribution in [3.63, 3.8) is 0 Å². The van der Waals surface area contributed by atoms with Crippen LogP contribution in [0.1, 0.15) is 26.2 Å². The second-order valence-electron chi connectivity index (χ2n) is 5.32. The maximum Gasteiger partial charge on any atom is 0.309 e. The van der Waals surface area contributed by atoms with Gasteiger partial charge in [-0.2, -0.15) is 0 Å². The number of piperidine rings is 1. The molecule has 0 aromatic carbocycles. The van der Waals surface area contributed by atoms with E-state index < -0.39 is 5.97 Å². The molecule has 5 nitrogen and oxygen atoms in total. The van der Waals surface area contributed by atoms with Crippen LogP contribution in [0.3, 0.4) is 0 Å². The molecular formula is C13H21NO4. The first-order valence-corrected chi connectivity index (χ1v) is 6.65. The van der Waals surface area contributed by atoms with E-state index in [0.717, 1.165) is 32.4 Å². The molecule has 102 valence electrons. The lowest BCUT2D eigenvalue weighted by molar-refractivity contribution is -0.152. The first-order chi connectivity index (χ1) is 8.59. The Hall–Kier alpha value is -1.10. The smallest absolute Gasteiger partial charge is 0.309 e.